The summed E-state index contributed by atoms with van der Waals surface area (Å²) < 4.78 is 2.61. The van der Waals surface area contributed by atoms with Gasteiger partial charge in [0.2, 0.25) is 0 Å². The Bertz CT molecular complexity index is 2270. The predicted molar refractivity (Wildman–Crippen MR) is 208 cm³/mol. The van der Waals surface area contributed by atoms with Crippen LogP contribution in [-0.4, -0.2) is 33.4 Å². The first-order valence-electron chi connectivity index (χ1n) is 18.1. The molecule has 3 heterocycles. The van der Waals surface area contributed by atoms with E-state index in [0.29, 0.717) is 11.8 Å². The smallest absolute Gasteiger partial charge is 0.136 e. The van der Waals surface area contributed by atoms with Crippen molar-refractivity contribution in [3.05, 3.63) is 186 Å². The number of aromatic nitrogens is 1. The molecule has 50 heavy (non-hydrogen) atoms. The second-order valence-electron chi connectivity index (χ2n) is 14.4. The third kappa shape index (κ3) is 4.55. The van der Waals surface area contributed by atoms with Gasteiger partial charge in [-0.05, 0) is 66.7 Å². The minimum atomic E-state index is -0.265. The van der Waals surface area contributed by atoms with Gasteiger partial charge in [-0.2, -0.15) is 0 Å². The average Bonchev–Trinajstić information content (AvgIpc) is 3.62. The van der Waals surface area contributed by atoms with E-state index in [0.717, 1.165) is 36.6 Å². The normalized spacial score (nSPS) is 26.9. The molecule has 1 aromatic heterocycles. The van der Waals surface area contributed by atoms with Crippen LogP contribution < -0.4 is 4.90 Å². The highest BCUT2D eigenvalue weighted by Gasteiger charge is 2.45. The van der Waals surface area contributed by atoms with E-state index in [1.807, 2.05) is 6.08 Å². The van der Waals surface area contributed by atoms with Crippen LogP contribution in [-0.2, 0) is 6.54 Å². The molecule has 5 unspecified atom stereocenters. The Morgan fingerprint density at radius 2 is 1.74 bits per heavy atom. The van der Waals surface area contributed by atoms with Crippen molar-refractivity contribution in [3.63, 3.8) is 0 Å². The maximum atomic E-state index is 5.38. The van der Waals surface area contributed by atoms with Crippen molar-refractivity contribution in [1.29, 1.82) is 0 Å². The van der Waals surface area contributed by atoms with Gasteiger partial charge in [-0.3, -0.25) is 4.99 Å². The number of hydrogen-bond donors (Lipinski definition) is 0. The SMILES string of the molecule is C=C/C=C(\C=C/Cn1c2c(c3ccc4c(c31)C1C=CC=CC1N4c1ccccc1)C1CC1C=C2)N1CC2(C=CC=CC2)N=C1c1ccccc1. The Kier molecular flexibility index (Phi) is 6.74. The van der Waals surface area contributed by atoms with Crippen LogP contribution in [0.4, 0.5) is 11.4 Å². The van der Waals surface area contributed by atoms with E-state index in [1.54, 1.807) is 5.56 Å². The van der Waals surface area contributed by atoms with Crippen molar-refractivity contribution in [3.8, 4) is 0 Å². The number of rotatable bonds is 7. The molecule has 4 heteroatoms. The Labute approximate surface area is 294 Å². The molecule has 1 spiro atoms. The van der Waals surface area contributed by atoms with Gasteiger partial charge in [0.25, 0.3) is 0 Å². The molecule has 1 saturated carbocycles. The van der Waals surface area contributed by atoms with Crippen LogP contribution in [0.15, 0.2) is 169 Å². The second kappa shape index (κ2) is 11.5. The van der Waals surface area contributed by atoms with Crippen LogP contribution in [0.3, 0.4) is 0 Å². The highest BCUT2D eigenvalue weighted by atomic mass is 15.3. The molecule has 0 bridgehead atoms. The molecular weight excluding hydrogens is 609 g/mol. The first-order chi connectivity index (χ1) is 24.7. The van der Waals surface area contributed by atoms with E-state index in [1.165, 1.54) is 40.0 Å². The van der Waals surface area contributed by atoms with E-state index in [4.69, 9.17) is 4.99 Å². The maximum absolute atomic E-state index is 5.38. The molecule has 4 nitrogen and oxygen atoms in total. The summed E-state index contributed by atoms with van der Waals surface area (Å²) in [6.45, 7) is 5.69. The summed E-state index contributed by atoms with van der Waals surface area (Å²) in [6.07, 6.45) is 33.7. The van der Waals surface area contributed by atoms with Gasteiger partial charge in [-0.15, -0.1) is 0 Å². The van der Waals surface area contributed by atoms with Gasteiger partial charge in [-0.1, -0.05) is 128 Å². The highest BCUT2D eigenvalue weighted by molar-refractivity contribution is 6.02. The first kappa shape index (κ1) is 29.3. The van der Waals surface area contributed by atoms with E-state index in [9.17, 15) is 0 Å². The Hall–Kier alpha value is -5.61. The zero-order valence-electron chi connectivity index (χ0n) is 28.1. The fourth-order valence-corrected chi connectivity index (χ4v) is 9.12. The standard InChI is InChI=1S/C46H40N4/c1-2-15-34(49-31-46(27-12-5-13-28-46)47-45(49)32-16-6-3-7-17-32)20-14-29-48-40-25-23-33-30-38(33)42(40)37-24-26-41-43(44(37)48)36-21-10-11-22-39(36)50(41)35-18-8-4-9-19-35/h2-27,33,36,38-39H,1,28-31H2/b20-14-,34-15+. The van der Waals surface area contributed by atoms with Gasteiger partial charge in [0, 0.05) is 51.7 Å². The topological polar surface area (TPSA) is 23.8 Å². The van der Waals surface area contributed by atoms with Crippen LogP contribution in [0.5, 0.6) is 0 Å². The zero-order valence-corrected chi connectivity index (χ0v) is 28.1. The monoisotopic (exact) mass is 648 g/mol. The molecule has 4 aliphatic carbocycles. The van der Waals surface area contributed by atoms with Gasteiger partial charge in [0.15, 0.2) is 0 Å². The van der Waals surface area contributed by atoms with Crippen LogP contribution in [0.25, 0.3) is 17.0 Å². The molecule has 4 aromatic rings. The summed E-state index contributed by atoms with van der Waals surface area (Å²) in [5.41, 5.74) is 10.3. The van der Waals surface area contributed by atoms with Crippen LogP contribution in [0.2, 0.25) is 0 Å². The molecule has 244 valence electrons. The number of para-hydroxylation sites is 1. The minimum Gasteiger partial charge on any atom is -0.337 e. The van der Waals surface area contributed by atoms with Crippen molar-refractivity contribution >= 4 is 34.2 Å². The molecule has 5 atom stereocenters. The van der Waals surface area contributed by atoms with E-state index in [2.05, 4.69) is 173 Å². The predicted octanol–water partition coefficient (Wildman–Crippen LogP) is 10.1. The van der Waals surface area contributed by atoms with E-state index in [-0.39, 0.29) is 17.5 Å². The molecule has 0 N–H and O–H groups in total. The van der Waals surface area contributed by atoms with Crippen molar-refractivity contribution in [2.75, 3.05) is 11.4 Å². The highest BCUT2D eigenvalue weighted by Crippen LogP contribution is 2.58. The Balaban J connectivity index is 1.07. The number of benzene rings is 3. The lowest BCUT2D eigenvalue weighted by Crippen LogP contribution is -2.34. The third-order valence-electron chi connectivity index (χ3n) is 11.4. The number of fused-ring (bicyclic) bond motifs is 9. The maximum Gasteiger partial charge on any atom is 0.136 e. The summed E-state index contributed by atoms with van der Waals surface area (Å²) in [6, 6.07) is 26.6. The Morgan fingerprint density at radius 1 is 0.900 bits per heavy atom. The first-order valence-corrected chi connectivity index (χ1v) is 18.1. The molecular formula is C46H40N4. The number of nitrogens with zero attached hydrogens (tertiary/aromatic N) is 4. The molecule has 0 saturated heterocycles. The molecule has 0 amide bonds. The second-order valence-corrected chi connectivity index (χ2v) is 14.4. The van der Waals surface area contributed by atoms with Gasteiger partial charge in [0.1, 0.15) is 11.4 Å². The van der Waals surface area contributed by atoms with Crippen LogP contribution in [0.1, 0.15) is 47.1 Å². The summed E-state index contributed by atoms with van der Waals surface area (Å²) in [5, 5.41) is 1.43. The fourth-order valence-electron chi connectivity index (χ4n) is 9.12. The fraction of sp³-hybridized carbons (Fsp3) is 0.196. The van der Waals surface area contributed by atoms with Crippen molar-refractivity contribution < 1.29 is 0 Å². The third-order valence-corrected chi connectivity index (χ3v) is 11.4. The number of aliphatic imine (C=N–C) groups is 1. The van der Waals surface area contributed by atoms with Crippen molar-refractivity contribution in [1.82, 2.24) is 9.47 Å². The number of allylic oxidation sites excluding steroid dienone is 9. The lowest BCUT2D eigenvalue weighted by molar-refractivity contribution is 0.446. The van der Waals surface area contributed by atoms with Crippen molar-refractivity contribution in [2.24, 2.45) is 10.9 Å². The van der Waals surface area contributed by atoms with Gasteiger partial charge >= 0.3 is 0 Å². The van der Waals surface area contributed by atoms with Crippen molar-refractivity contribution in [2.45, 2.75) is 42.8 Å². The molecule has 0 radical (unpaired) electrons. The van der Waals surface area contributed by atoms with Crippen LogP contribution in [0, 0.1) is 5.92 Å². The molecule has 1 fully saturated rings. The van der Waals surface area contributed by atoms with E-state index >= 15 is 0 Å². The molecule has 3 aromatic carbocycles. The Morgan fingerprint density at radius 3 is 2.56 bits per heavy atom. The number of hydrogen-bond acceptors (Lipinski definition) is 3. The molecule has 10 rings (SSSR count). The zero-order chi connectivity index (χ0) is 33.2. The lowest BCUT2D eigenvalue weighted by Gasteiger charge is -2.28. The quantitative estimate of drug-likeness (QED) is 0.186. The number of amidine groups is 1. The largest absolute Gasteiger partial charge is 0.337 e. The average molecular weight is 649 g/mol. The lowest BCUT2D eigenvalue weighted by atomic mass is 9.89. The van der Waals surface area contributed by atoms with E-state index < -0.39 is 0 Å². The molecule has 6 aliphatic rings. The van der Waals surface area contributed by atoms with Gasteiger partial charge in [0.05, 0.1) is 18.1 Å². The van der Waals surface area contributed by atoms with Crippen LogP contribution >= 0.6 is 0 Å². The van der Waals surface area contributed by atoms with Gasteiger partial charge in [-0.25, -0.2) is 0 Å². The van der Waals surface area contributed by atoms with Gasteiger partial charge < -0.3 is 14.4 Å². The molecule has 2 aliphatic heterocycles. The minimum absolute atomic E-state index is 0.257. The summed E-state index contributed by atoms with van der Waals surface area (Å²) in [5.74, 6) is 2.61. The number of anilines is 2. The summed E-state index contributed by atoms with van der Waals surface area (Å²) >= 11 is 0. The summed E-state index contributed by atoms with van der Waals surface area (Å²) in [7, 11) is 0. The summed E-state index contributed by atoms with van der Waals surface area (Å²) in [4.78, 5) is 10.3.